The van der Waals surface area contributed by atoms with Crippen molar-refractivity contribution in [2.75, 3.05) is 27.2 Å². The predicted octanol–water partition coefficient (Wildman–Crippen LogP) is 1.16. The number of aliphatic imine (C=N–C) groups is 1. The van der Waals surface area contributed by atoms with E-state index in [2.05, 4.69) is 29.3 Å². The van der Waals surface area contributed by atoms with Gasteiger partial charge in [-0.1, -0.05) is 19.3 Å². The van der Waals surface area contributed by atoms with Crippen molar-refractivity contribution >= 4 is 5.96 Å². The molecule has 0 atom stereocenters. The van der Waals surface area contributed by atoms with E-state index in [1.54, 1.807) is 0 Å². The molecule has 1 aliphatic carbocycles. The first-order valence-corrected chi connectivity index (χ1v) is 7.66. The van der Waals surface area contributed by atoms with Gasteiger partial charge >= 0.3 is 0 Å². The Kier molecular flexibility index (Phi) is 5.45. The fourth-order valence-corrected chi connectivity index (χ4v) is 3.19. The summed E-state index contributed by atoms with van der Waals surface area (Å²) in [6.45, 7) is 2.11. The van der Waals surface area contributed by atoms with Crippen molar-refractivity contribution < 1.29 is 0 Å². The van der Waals surface area contributed by atoms with Crippen molar-refractivity contribution in [2.45, 2.75) is 57.0 Å². The van der Waals surface area contributed by atoms with Gasteiger partial charge in [0.25, 0.3) is 0 Å². The van der Waals surface area contributed by atoms with Crippen LogP contribution < -0.4 is 11.3 Å². The van der Waals surface area contributed by atoms with Gasteiger partial charge in [-0.05, 0) is 39.8 Å². The van der Waals surface area contributed by atoms with Crippen molar-refractivity contribution in [1.29, 1.82) is 0 Å². The second-order valence-electron chi connectivity index (χ2n) is 6.07. The third-order valence-corrected chi connectivity index (χ3v) is 4.50. The molecule has 3 N–H and O–H groups in total. The number of hydrogen-bond donors (Lipinski definition) is 2. The minimum absolute atomic E-state index is 0.478. The van der Waals surface area contributed by atoms with Gasteiger partial charge in [0.1, 0.15) is 0 Å². The number of guanidine groups is 1. The summed E-state index contributed by atoms with van der Waals surface area (Å²) in [5, 5.41) is 0. The largest absolute Gasteiger partial charge is 0.342 e. The van der Waals surface area contributed by atoms with Gasteiger partial charge in [0.15, 0.2) is 0 Å². The lowest BCUT2D eigenvalue weighted by atomic mass is 9.96. The maximum atomic E-state index is 5.68. The van der Waals surface area contributed by atoms with Crippen molar-refractivity contribution in [3.8, 4) is 0 Å². The van der Waals surface area contributed by atoms with Gasteiger partial charge in [-0.25, -0.2) is 10.8 Å². The van der Waals surface area contributed by atoms with Crippen LogP contribution in [0.15, 0.2) is 4.99 Å². The molecular formula is C14H29N5. The van der Waals surface area contributed by atoms with E-state index in [1.165, 1.54) is 44.9 Å². The van der Waals surface area contributed by atoms with E-state index < -0.39 is 0 Å². The molecule has 0 aromatic rings. The van der Waals surface area contributed by atoms with E-state index in [4.69, 9.17) is 10.8 Å². The zero-order chi connectivity index (χ0) is 13.7. The summed E-state index contributed by atoms with van der Waals surface area (Å²) in [6.07, 6.45) is 8.82. The standard InChI is InChI=1S/C14H29N5/c1-18(2)13-8-10-19(11-9-13)14(17-15)16-12-6-4-3-5-7-12/h12-13H,3-11,15H2,1-2H3,(H,16,17). The van der Waals surface area contributed by atoms with Crippen LogP contribution >= 0.6 is 0 Å². The zero-order valence-corrected chi connectivity index (χ0v) is 12.4. The molecule has 0 amide bonds. The topological polar surface area (TPSA) is 56.9 Å². The molecule has 110 valence electrons. The number of rotatable bonds is 2. The predicted molar refractivity (Wildman–Crippen MR) is 79.9 cm³/mol. The second-order valence-corrected chi connectivity index (χ2v) is 6.07. The SMILES string of the molecule is CN(C)C1CCN(C(=NC2CCCCC2)NN)CC1. The molecule has 0 unspecified atom stereocenters. The molecule has 1 saturated heterocycles. The number of nitrogens with zero attached hydrogens (tertiary/aromatic N) is 3. The van der Waals surface area contributed by atoms with E-state index >= 15 is 0 Å². The summed E-state index contributed by atoms with van der Waals surface area (Å²) in [5.41, 5.74) is 2.83. The fraction of sp³-hybridized carbons (Fsp3) is 0.929. The molecule has 1 heterocycles. The Balaban J connectivity index is 1.89. The number of nitrogens with two attached hydrogens (primary N) is 1. The average Bonchev–Trinajstić information content (AvgIpc) is 2.46. The lowest BCUT2D eigenvalue weighted by Gasteiger charge is -2.37. The highest BCUT2D eigenvalue weighted by Gasteiger charge is 2.23. The minimum Gasteiger partial charge on any atom is -0.342 e. The van der Waals surface area contributed by atoms with Crippen molar-refractivity contribution in [2.24, 2.45) is 10.8 Å². The summed E-state index contributed by atoms with van der Waals surface area (Å²) in [4.78, 5) is 9.48. The molecule has 5 heteroatoms. The molecule has 0 radical (unpaired) electrons. The van der Waals surface area contributed by atoms with Gasteiger partial charge in [0, 0.05) is 19.1 Å². The fourth-order valence-electron chi connectivity index (χ4n) is 3.19. The van der Waals surface area contributed by atoms with Crippen LogP contribution in [0.3, 0.4) is 0 Å². The van der Waals surface area contributed by atoms with Crippen LogP contribution in [0, 0.1) is 0 Å². The Morgan fingerprint density at radius 1 is 1.11 bits per heavy atom. The summed E-state index contributed by atoms with van der Waals surface area (Å²) < 4.78 is 0. The molecule has 1 saturated carbocycles. The lowest BCUT2D eigenvalue weighted by Crippen LogP contribution is -2.51. The van der Waals surface area contributed by atoms with Crippen LogP contribution in [0.4, 0.5) is 0 Å². The number of hydrogen-bond acceptors (Lipinski definition) is 3. The van der Waals surface area contributed by atoms with Crippen molar-refractivity contribution in [3.05, 3.63) is 0 Å². The second kappa shape index (κ2) is 7.10. The molecule has 0 spiro atoms. The number of nitrogens with one attached hydrogen (secondary N) is 1. The summed E-state index contributed by atoms with van der Waals surface area (Å²) in [6, 6.07) is 1.18. The average molecular weight is 267 g/mol. The lowest BCUT2D eigenvalue weighted by molar-refractivity contribution is 0.188. The smallest absolute Gasteiger partial charge is 0.208 e. The van der Waals surface area contributed by atoms with E-state index in [1.807, 2.05) is 0 Å². The monoisotopic (exact) mass is 267 g/mol. The minimum atomic E-state index is 0.478. The third kappa shape index (κ3) is 4.08. The summed E-state index contributed by atoms with van der Waals surface area (Å²) in [7, 11) is 4.33. The van der Waals surface area contributed by atoms with Crippen LogP contribution in [0.5, 0.6) is 0 Å². The maximum Gasteiger partial charge on any atom is 0.208 e. The highest BCUT2D eigenvalue weighted by atomic mass is 15.4. The molecule has 5 nitrogen and oxygen atoms in total. The Hall–Kier alpha value is -0.810. The summed E-state index contributed by atoms with van der Waals surface area (Å²) in [5.74, 6) is 6.59. The third-order valence-electron chi connectivity index (χ3n) is 4.50. The van der Waals surface area contributed by atoms with Crippen LogP contribution in [0.25, 0.3) is 0 Å². The highest BCUT2D eigenvalue weighted by Crippen LogP contribution is 2.21. The van der Waals surface area contributed by atoms with Gasteiger partial charge in [0.05, 0.1) is 6.04 Å². The van der Waals surface area contributed by atoms with E-state index in [0.29, 0.717) is 12.1 Å². The number of likely N-dealkylation sites (tertiary alicyclic amines) is 1. The van der Waals surface area contributed by atoms with Crippen LogP contribution in [0.1, 0.15) is 44.9 Å². The van der Waals surface area contributed by atoms with Gasteiger partial charge in [-0.3, -0.25) is 5.43 Å². The van der Waals surface area contributed by atoms with Crippen molar-refractivity contribution in [3.63, 3.8) is 0 Å². The molecule has 2 rings (SSSR count). The molecule has 2 fully saturated rings. The first-order valence-electron chi connectivity index (χ1n) is 7.66. The van der Waals surface area contributed by atoms with E-state index in [-0.39, 0.29) is 0 Å². The van der Waals surface area contributed by atoms with Gasteiger partial charge in [0.2, 0.25) is 5.96 Å². The molecule has 0 aromatic carbocycles. The first kappa shape index (κ1) is 14.6. The highest BCUT2D eigenvalue weighted by molar-refractivity contribution is 5.79. The molecule has 0 bridgehead atoms. The molecule has 1 aliphatic heterocycles. The van der Waals surface area contributed by atoms with Crippen molar-refractivity contribution in [1.82, 2.24) is 15.2 Å². The van der Waals surface area contributed by atoms with Gasteiger partial charge in [-0.15, -0.1) is 0 Å². The number of hydrazine groups is 1. The molecule has 0 aromatic heterocycles. The Morgan fingerprint density at radius 2 is 1.74 bits per heavy atom. The van der Waals surface area contributed by atoms with E-state index in [9.17, 15) is 0 Å². The van der Waals surface area contributed by atoms with Crippen LogP contribution in [-0.4, -0.2) is 55.0 Å². The quantitative estimate of drug-likeness (QED) is 0.341. The Bertz CT molecular complexity index is 288. The molecule has 19 heavy (non-hydrogen) atoms. The Morgan fingerprint density at radius 3 is 2.26 bits per heavy atom. The van der Waals surface area contributed by atoms with Crippen LogP contribution in [-0.2, 0) is 0 Å². The van der Waals surface area contributed by atoms with Crippen LogP contribution in [0.2, 0.25) is 0 Å². The molecule has 2 aliphatic rings. The zero-order valence-electron chi connectivity index (χ0n) is 12.4. The normalized spacial score (nSPS) is 24.0. The van der Waals surface area contributed by atoms with E-state index in [0.717, 1.165) is 19.0 Å². The first-order chi connectivity index (χ1) is 9.20. The molecular weight excluding hydrogens is 238 g/mol. The Labute approximate surface area is 117 Å². The summed E-state index contributed by atoms with van der Waals surface area (Å²) >= 11 is 0. The van der Waals surface area contributed by atoms with Gasteiger partial charge in [-0.2, -0.15) is 0 Å². The number of piperidine rings is 1. The van der Waals surface area contributed by atoms with Gasteiger partial charge < -0.3 is 9.80 Å². The maximum absolute atomic E-state index is 5.68.